The summed E-state index contributed by atoms with van der Waals surface area (Å²) < 4.78 is 42.8. The van der Waals surface area contributed by atoms with E-state index in [2.05, 4.69) is 63.3 Å². The van der Waals surface area contributed by atoms with Crippen molar-refractivity contribution in [3.05, 3.63) is 129 Å². The third kappa shape index (κ3) is 10.4. The summed E-state index contributed by atoms with van der Waals surface area (Å²) in [7, 11) is 3.66. The second-order valence-corrected chi connectivity index (χ2v) is 13.0. The highest BCUT2D eigenvalue weighted by Crippen LogP contribution is 2.31. The van der Waals surface area contributed by atoms with Gasteiger partial charge >= 0.3 is 18.2 Å². The zero-order valence-corrected chi connectivity index (χ0v) is 30.7. The van der Waals surface area contributed by atoms with E-state index in [9.17, 15) is 22.8 Å². The quantitative estimate of drug-likeness (QED) is 0.134. The zero-order valence-electron chi connectivity index (χ0n) is 26.8. The molecule has 6 rings (SSSR count). The number of alkyl halides is 3. The molecule has 262 valence electrons. The largest absolute Gasteiger partial charge is 0.416 e. The van der Waals surface area contributed by atoms with Gasteiger partial charge in [0.25, 0.3) is 0 Å². The Morgan fingerprint density at radius 1 is 0.627 bits per heavy atom. The van der Waals surface area contributed by atoms with Gasteiger partial charge in [-0.3, -0.25) is 9.36 Å². The van der Waals surface area contributed by atoms with Crippen LogP contribution in [0, 0.1) is 0 Å². The average Bonchev–Trinajstić information content (AvgIpc) is 3.59. The highest BCUT2D eigenvalue weighted by atomic mass is 79.9. The van der Waals surface area contributed by atoms with Crippen LogP contribution in [0.1, 0.15) is 5.56 Å². The molecule has 4 N–H and O–H groups in total. The molecule has 4 amide bonds. The lowest BCUT2D eigenvalue weighted by Crippen LogP contribution is -2.19. The Balaban J connectivity index is 0.000000199. The van der Waals surface area contributed by atoms with Crippen LogP contribution in [0.15, 0.2) is 118 Å². The number of nitrogens with zero attached hydrogens (tertiary/aromatic N) is 4. The molecule has 0 unspecified atom stereocenters. The number of anilines is 4. The fraction of sp³-hybridized carbons (Fsp3) is 0.0857. The van der Waals surface area contributed by atoms with Gasteiger partial charge in [0.15, 0.2) is 0 Å². The number of hydrogen-bond donors (Lipinski definition) is 4. The van der Waals surface area contributed by atoms with Gasteiger partial charge in [-0.1, -0.05) is 41.9 Å². The molecule has 4 aromatic carbocycles. The first-order valence-electron chi connectivity index (χ1n) is 14.9. The fourth-order valence-corrected chi connectivity index (χ4v) is 6.09. The van der Waals surface area contributed by atoms with Crippen LogP contribution in [0.2, 0.25) is 5.02 Å². The van der Waals surface area contributed by atoms with Crippen LogP contribution in [-0.4, -0.2) is 31.6 Å². The van der Waals surface area contributed by atoms with E-state index in [0.29, 0.717) is 22.1 Å². The Morgan fingerprint density at radius 2 is 1.04 bits per heavy atom. The van der Waals surface area contributed by atoms with E-state index in [1.165, 1.54) is 12.1 Å². The van der Waals surface area contributed by atoms with Gasteiger partial charge in [0.2, 0.25) is 0 Å². The molecule has 0 saturated heterocycles. The van der Waals surface area contributed by atoms with Crippen LogP contribution >= 0.6 is 43.5 Å². The highest BCUT2D eigenvalue weighted by Gasteiger charge is 2.30. The Bertz CT molecular complexity index is 2170. The molecule has 0 saturated carbocycles. The molecule has 0 spiro atoms. The Kier molecular flexibility index (Phi) is 11.8. The number of hydrogen-bond acceptors (Lipinski definition) is 4. The number of amides is 4. The summed E-state index contributed by atoms with van der Waals surface area (Å²) in [6.07, 6.45) is -0.727. The maximum atomic E-state index is 12.6. The van der Waals surface area contributed by atoms with E-state index in [1.54, 1.807) is 58.9 Å². The van der Waals surface area contributed by atoms with E-state index in [1.807, 2.05) is 49.8 Å². The van der Waals surface area contributed by atoms with Gasteiger partial charge in [-0.05, 0) is 98.6 Å². The summed E-state index contributed by atoms with van der Waals surface area (Å²) >= 11 is 12.8. The van der Waals surface area contributed by atoms with Crippen LogP contribution in [-0.2, 0) is 20.3 Å². The number of benzene rings is 4. The lowest BCUT2D eigenvalue weighted by atomic mass is 10.1. The summed E-state index contributed by atoms with van der Waals surface area (Å²) in [5.41, 5.74) is 4.55. The summed E-state index contributed by atoms with van der Waals surface area (Å²) in [6, 6.07) is 24.9. The van der Waals surface area contributed by atoms with Gasteiger partial charge in [0, 0.05) is 65.4 Å². The highest BCUT2D eigenvalue weighted by molar-refractivity contribution is 9.11. The number of carbonyl (C=O) groups excluding carboxylic acids is 2. The fourth-order valence-electron chi connectivity index (χ4n) is 4.69. The molecule has 2 heterocycles. The van der Waals surface area contributed by atoms with Crippen LogP contribution < -0.4 is 21.3 Å². The SMILES string of the molecule is Cn1cc(Br)c(-c2cccc(NC(=O)Nc3ccc(C(F)(F)F)cc3)c2)n1.Cn1cc(Br)c(-c2cccc(NC(=O)Nc3cccc(Cl)c3)c2)n1. The normalized spacial score (nSPS) is 10.9. The van der Waals surface area contributed by atoms with Gasteiger partial charge in [-0.15, -0.1) is 0 Å². The monoisotopic (exact) mass is 842 g/mol. The zero-order chi connectivity index (χ0) is 36.7. The lowest BCUT2D eigenvalue weighted by Gasteiger charge is -2.10. The van der Waals surface area contributed by atoms with Crippen molar-refractivity contribution in [2.24, 2.45) is 14.1 Å². The van der Waals surface area contributed by atoms with Crippen molar-refractivity contribution in [2.75, 3.05) is 21.3 Å². The van der Waals surface area contributed by atoms with Crippen LogP contribution in [0.25, 0.3) is 22.5 Å². The molecule has 6 aromatic rings. The number of rotatable bonds is 6. The first kappa shape index (κ1) is 37.1. The number of urea groups is 2. The molecular formula is C35H28Br2ClF3N8O2. The molecule has 16 heteroatoms. The molecular weight excluding hydrogens is 817 g/mol. The molecule has 2 aromatic heterocycles. The molecule has 0 aliphatic carbocycles. The maximum Gasteiger partial charge on any atom is 0.416 e. The molecule has 0 aliphatic rings. The predicted molar refractivity (Wildman–Crippen MR) is 201 cm³/mol. The van der Waals surface area contributed by atoms with Gasteiger partial charge < -0.3 is 21.3 Å². The van der Waals surface area contributed by atoms with Crippen molar-refractivity contribution in [1.82, 2.24) is 19.6 Å². The van der Waals surface area contributed by atoms with E-state index < -0.39 is 17.8 Å². The van der Waals surface area contributed by atoms with E-state index in [4.69, 9.17) is 11.6 Å². The Labute approximate surface area is 312 Å². The first-order chi connectivity index (χ1) is 24.2. The van der Waals surface area contributed by atoms with Crippen molar-refractivity contribution >= 4 is 78.3 Å². The lowest BCUT2D eigenvalue weighted by molar-refractivity contribution is -0.137. The Morgan fingerprint density at radius 3 is 1.43 bits per heavy atom. The van der Waals surface area contributed by atoms with Crippen molar-refractivity contribution in [3.8, 4) is 22.5 Å². The van der Waals surface area contributed by atoms with Crippen molar-refractivity contribution in [3.63, 3.8) is 0 Å². The minimum absolute atomic E-state index is 0.254. The van der Waals surface area contributed by atoms with Crippen LogP contribution in [0.3, 0.4) is 0 Å². The van der Waals surface area contributed by atoms with Gasteiger partial charge in [-0.2, -0.15) is 23.4 Å². The maximum absolute atomic E-state index is 12.6. The van der Waals surface area contributed by atoms with Crippen molar-refractivity contribution in [1.29, 1.82) is 0 Å². The third-order valence-corrected chi connectivity index (χ3v) is 8.30. The smallest absolute Gasteiger partial charge is 0.308 e. The van der Waals surface area contributed by atoms with Gasteiger partial charge in [-0.25, -0.2) is 9.59 Å². The molecule has 0 bridgehead atoms. The topological polar surface area (TPSA) is 118 Å². The number of aryl methyl sites for hydroxylation is 2. The second kappa shape index (κ2) is 16.3. The van der Waals surface area contributed by atoms with Gasteiger partial charge in [0.1, 0.15) is 11.4 Å². The van der Waals surface area contributed by atoms with Crippen molar-refractivity contribution < 1.29 is 22.8 Å². The van der Waals surface area contributed by atoms with E-state index >= 15 is 0 Å². The standard InChI is InChI=1S/C18H14BrF3N4O.C17H14BrClN4O/c1-26-10-15(19)16(25-26)11-3-2-4-14(9-11)24-17(27)23-13-7-5-12(6-8-13)18(20,21)22;1-23-10-15(18)16(22-23)11-4-2-6-13(8-11)20-17(24)21-14-7-3-5-12(19)9-14/h2-10H,1H3,(H2,23,24,27);2-10H,1H3,(H2,20,21,24). The van der Waals surface area contributed by atoms with Crippen LogP contribution in [0.5, 0.6) is 0 Å². The molecule has 0 aliphatic heterocycles. The second-order valence-electron chi connectivity index (χ2n) is 10.9. The minimum Gasteiger partial charge on any atom is -0.308 e. The number of aromatic nitrogens is 4. The number of nitrogens with one attached hydrogen (secondary N) is 4. The summed E-state index contributed by atoms with van der Waals surface area (Å²) in [6.45, 7) is 0. The number of carbonyl (C=O) groups is 2. The predicted octanol–water partition coefficient (Wildman–Crippen LogP) is 10.7. The molecule has 51 heavy (non-hydrogen) atoms. The van der Waals surface area contributed by atoms with E-state index in [-0.39, 0.29) is 11.7 Å². The average molecular weight is 845 g/mol. The third-order valence-electron chi connectivity index (χ3n) is 6.91. The molecule has 0 fully saturated rings. The molecule has 10 nitrogen and oxygen atoms in total. The van der Waals surface area contributed by atoms with Gasteiger partial charge in [0.05, 0.1) is 14.5 Å². The Hall–Kier alpha value is -5.12. The first-order valence-corrected chi connectivity index (χ1v) is 16.9. The van der Waals surface area contributed by atoms with E-state index in [0.717, 1.165) is 43.6 Å². The minimum atomic E-state index is -4.42. The summed E-state index contributed by atoms with van der Waals surface area (Å²) in [5, 5.41) is 20.0. The molecule has 0 atom stereocenters. The molecule has 0 radical (unpaired) electrons. The van der Waals surface area contributed by atoms with Crippen LogP contribution in [0.4, 0.5) is 45.5 Å². The summed E-state index contributed by atoms with van der Waals surface area (Å²) in [5.74, 6) is 0. The number of halogens is 6. The summed E-state index contributed by atoms with van der Waals surface area (Å²) in [4.78, 5) is 24.2. The van der Waals surface area contributed by atoms with Crippen molar-refractivity contribution in [2.45, 2.75) is 6.18 Å².